The van der Waals surface area contributed by atoms with E-state index in [1.807, 2.05) is 12.1 Å². The van der Waals surface area contributed by atoms with Crippen molar-refractivity contribution in [3.63, 3.8) is 0 Å². The summed E-state index contributed by atoms with van der Waals surface area (Å²) in [5.41, 5.74) is 1.35. The molecule has 0 spiro atoms. The summed E-state index contributed by atoms with van der Waals surface area (Å²) in [6, 6.07) is 6.10. The van der Waals surface area contributed by atoms with E-state index >= 15 is 0 Å². The van der Waals surface area contributed by atoms with Gasteiger partial charge in [0, 0.05) is 19.0 Å². The second kappa shape index (κ2) is 6.05. The zero-order chi connectivity index (χ0) is 12.3. The van der Waals surface area contributed by atoms with E-state index in [9.17, 15) is 0 Å². The Morgan fingerprint density at radius 2 is 2.18 bits per heavy atom. The van der Waals surface area contributed by atoms with Crippen molar-refractivity contribution in [3.8, 4) is 0 Å². The Morgan fingerprint density at radius 3 is 2.88 bits per heavy atom. The topological polar surface area (TPSA) is 3.24 Å². The summed E-state index contributed by atoms with van der Waals surface area (Å²) in [7, 11) is 0. The fourth-order valence-electron chi connectivity index (χ4n) is 1.91. The molecule has 92 valence electrons. The number of thiophene rings is 1. The van der Waals surface area contributed by atoms with E-state index in [0.29, 0.717) is 5.88 Å². The van der Waals surface area contributed by atoms with Gasteiger partial charge in [0.25, 0.3) is 0 Å². The molecule has 0 bridgehead atoms. The van der Waals surface area contributed by atoms with Crippen LogP contribution in [0.3, 0.4) is 0 Å². The number of hydrogen-bond donors (Lipinski definition) is 0. The van der Waals surface area contributed by atoms with Gasteiger partial charge in [0.1, 0.15) is 0 Å². The van der Waals surface area contributed by atoms with E-state index in [0.717, 1.165) is 24.7 Å². The Hall–Kier alpha value is -0.280. The van der Waals surface area contributed by atoms with E-state index < -0.39 is 0 Å². The first-order valence-electron chi connectivity index (χ1n) is 5.69. The van der Waals surface area contributed by atoms with Gasteiger partial charge in [0.15, 0.2) is 0 Å². The van der Waals surface area contributed by atoms with Crippen molar-refractivity contribution in [2.24, 2.45) is 0 Å². The molecule has 2 rings (SSSR count). The highest BCUT2D eigenvalue weighted by molar-refractivity contribution is 7.18. The minimum absolute atomic E-state index is 0.677. The normalized spacial score (nSPS) is 11.5. The van der Waals surface area contributed by atoms with E-state index in [-0.39, 0.29) is 0 Å². The largest absolute Gasteiger partial charge is 0.298 e. The van der Waals surface area contributed by atoms with Gasteiger partial charge in [-0.3, -0.25) is 4.90 Å². The number of rotatable bonds is 5. The smallest absolute Gasteiger partial charge is 0.0584 e. The van der Waals surface area contributed by atoms with Crippen molar-refractivity contribution < 1.29 is 0 Å². The summed E-state index contributed by atoms with van der Waals surface area (Å²) in [6.45, 7) is 5.05. The average molecular weight is 288 g/mol. The quantitative estimate of drug-likeness (QED) is 0.726. The summed E-state index contributed by atoms with van der Waals surface area (Å²) >= 11 is 13.7. The summed E-state index contributed by atoms with van der Waals surface area (Å²) < 4.78 is 1.19. The van der Waals surface area contributed by atoms with Gasteiger partial charge in [-0.25, -0.2) is 0 Å². The fraction of sp³-hybridized carbons (Fsp3) is 0.385. The van der Waals surface area contributed by atoms with Crippen molar-refractivity contribution in [2.75, 3.05) is 19.0 Å². The maximum atomic E-state index is 6.18. The predicted molar refractivity (Wildman–Crippen MR) is 78.5 cm³/mol. The number of benzene rings is 1. The first-order chi connectivity index (χ1) is 8.26. The van der Waals surface area contributed by atoms with Crippen LogP contribution in [0.1, 0.15) is 12.5 Å². The Labute approximate surface area is 116 Å². The standard InChI is InChI=1S/C13H15Cl2NS/c1-2-16(7-6-14)8-10-9-17-13-11(10)4-3-5-12(13)15/h3-5,9H,2,6-8H2,1H3. The minimum atomic E-state index is 0.677. The minimum Gasteiger partial charge on any atom is -0.298 e. The number of halogens is 2. The first-order valence-corrected chi connectivity index (χ1v) is 7.48. The van der Waals surface area contributed by atoms with Crippen LogP contribution in [0.2, 0.25) is 5.02 Å². The van der Waals surface area contributed by atoms with Gasteiger partial charge in [0.05, 0.1) is 9.72 Å². The highest BCUT2D eigenvalue weighted by Gasteiger charge is 2.09. The van der Waals surface area contributed by atoms with Gasteiger partial charge in [-0.15, -0.1) is 22.9 Å². The molecule has 2 aromatic rings. The van der Waals surface area contributed by atoms with E-state index in [2.05, 4.69) is 23.3 Å². The Morgan fingerprint density at radius 1 is 1.35 bits per heavy atom. The van der Waals surface area contributed by atoms with Gasteiger partial charge < -0.3 is 0 Å². The number of alkyl halides is 1. The number of hydrogen-bond acceptors (Lipinski definition) is 2. The summed E-state index contributed by atoms with van der Waals surface area (Å²) in [5.74, 6) is 0.677. The second-order valence-corrected chi connectivity index (χ2v) is 5.60. The molecule has 17 heavy (non-hydrogen) atoms. The molecule has 1 aromatic carbocycles. The third-order valence-electron chi connectivity index (χ3n) is 2.87. The van der Waals surface area contributed by atoms with Crippen LogP contribution in [-0.4, -0.2) is 23.9 Å². The SMILES string of the molecule is CCN(CCCl)Cc1csc2c(Cl)cccc12. The van der Waals surface area contributed by atoms with Crippen LogP contribution in [0.15, 0.2) is 23.6 Å². The highest BCUT2D eigenvalue weighted by Crippen LogP contribution is 2.32. The maximum Gasteiger partial charge on any atom is 0.0584 e. The number of fused-ring (bicyclic) bond motifs is 1. The van der Waals surface area contributed by atoms with Gasteiger partial charge in [-0.1, -0.05) is 30.7 Å². The monoisotopic (exact) mass is 287 g/mol. The van der Waals surface area contributed by atoms with Crippen LogP contribution in [-0.2, 0) is 6.54 Å². The van der Waals surface area contributed by atoms with Crippen LogP contribution in [0.5, 0.6) is 0 Å². The van der Waals surface area contributed by atoms with Crippen LogP contribution >= 0.6 is 34.5 Å². The zero-order valence-corrected chi connectivity index (χ0v) is 12.1. The zero-order valence-electron chi connectivity index (χ0n) is 9.75. The highest BCUT2D eigenvalue weighted by atomic mass is 35.5. The first kappa shape index (κ1) is 13.2. The average Bonchev–Trinajstić information content (AvgIpc) is 2.73. The van der Waals surface area contributed by atoms with Crippen LogP contribution in [0, 0.1) is 0 Å². The Kier molecular flexibility index (Phi) is 4.69. The molecule has 1 heterocycles. The molecular weight excluding hydrogens is 273 g/mol. The van der Waals surface area contributed by atoms with Gasteiger partial charge in [0.2, 0.25) is 0 Å². The molecule has 1 aromatic heterocycles. The summed E-state index contributed by atoms with van der Waals surface area (Å²) in [5, 5.41) is 4.32. The van der Waals surface area contributed by atoms with Crippen molar-refractivity contribution in [1.29, 1.82) is 0 Å². The third-order valence-corrected chi connectivity index (χ3v) is 4.55. The van der Waals surface area contributed by atoms with E-state index in [1.165, 1.54) is 15.6 Å². The Bertz CT molecular complexity index is 495. The van der Waals surface area contributed by atoms with E-state index in [1.54, 1.807) is 11.3 Å². The molecule has 0 aliphatic carbocycles. The molecular formula is C13H15Cl2NS. The Balaban J connectivity index is 2.27. The molecule has 0 aliphatic heterocycles. The molecule has 0 amide bonds. The van der Waals surface area contributed by atoms with Crippen molar-refractivity contribution in [1.82, 2.24) is 4.90 Å². The lowest BCUT2D eigenvalue weighted by molar-refractivity contribution is 0.299. The van der Waals surface area contributed by atoms with Crippen LogP contribution in [0.4, 0.5) is 0 Å². The lowest BCUT2D eigenvalue weighted by Crippen LogP contribution is -2.24. The number of nitrogens with zero attached hydrogens (tertiary/aromatic N) is 1. The van der Waals surface area contributed by atoms with Gasteiger partial charge in [-0.2, -0.15) is 0 Å². The van der Waals surface area contributed by atoms with Crippen molar-refractivity contribution in [3.05, 3.63) is 34.2 Å². The lowest BCUT2D eigenvalue weighted by atomic mass is 10.1. The molecule has 0 radical (unpaired) electrons. The second-order valence-electron chi connectivity index (χ2n) is 3.94. The molecule has 0 aliphatic rings. The van der Waals surface area contributed by atoms with Crippen LogP contribution in [0.25, 0.3) is 10.1 Å². The molecule has 0 N–H and O–H groups in total. The van der Waals surface area contributed by atoms with E-state index in [4.69, 9.17) is 23.2 Å². The molecule has 0 saturated heterocycles. The van der Waals surface area contributed by atoms with Crippen molar-refractivity contribution in [2.45, 2.75) is 13.5 Å². The molecule has 1 nitrogen and oxygen atoms in total. The third kappa shape index (κ3) is 2.94. The summed E-state index contributed by atoms with van der Waals surface area (Å²) in [6.07, 6.45) is 0. The maximum absolute atomic E-state index is 6.18. The van der Waals surface area contributed by atoms with Crippen LogP contribution < -0.4 is 0 Å². The summed E-state index contributed by atoms with van der Waals surface area (Å²) in [4.78, 5) is 2.34. The molecule has 0 saturated carbocycles. The lowest BCUT2D eigenvalue weighted by Gasteiger charge is -2.18. The molecule has 0 unspecified atom stereocenters. The molecule has 0 atom stereocenters. The fourth-order valence-corrected chi connectivity index (χ4v) is 3.42. The molecule has 4 heteroatoms. The van der Waals surface area contributed by atoms with Gasteiger partial charge >= 0.3 is 0 Å². The molecule has 0 fully saturated rings. The van der Waals surface area contributed by atoms with Gasteiger partial charge in [-0.05, 0) is 28.9 Å². The van der Waals surface area contributed by atoms with Crippen molar-refractivity contribution >= 4 is 44.6 Å². The predicted octanol–water partition coefficient (Wildman–Crippen LogP) is 4.62.